The van der Waals surface area contributed by atoms with E-state index in [-0.39, 0.29) is 4.83 Å². The number of halogens is 1. The average Bonchev–Trinajstić information content (AvgIpc) is 2.42. The minimum Gasteiger partial charge on any atom is -0.372 e. The third kappa shape index (κ3) is 1.72. The summed E-state index contributed by atoms with van der Waals surface area (Å²) in [6, 6.07) is 7.73. The number of para-hydroxylation sites is 1. The van der Waals surface area contributed by atoms with Crippen LogP contribution in [0.4, 0.5) is 5.69 Å². The summed E-state index contributed by atoms with van der Waals surface area (Å²) in [4.78, 5) is 1.42. The van der Waals surface area contributed by atoms with Crippen molar-refractivity contribution in [2.45, 2.75) is 23.6 Å². The molecular formula is C13H15BrN2O2. The standard InChI is InChI=1S/C13H15BrN2O2/c1-13(18-3)9-6-4-5-7-10(9)16(8-15)12(17-2)11(13)14/h4-7,11-12H,1-3H3/t11-,12+,13-/m0/s1. The highest BCUT2D eigenvalue weighted by atomic mass is 79.9. The quantitative estimate of drug-likeness (QED) is 0.622. The van der Waals surface area contributed by atoms with E-state index in [9.17, 15) is 5.26 Å². The molecule has 0 saturated carbocycles. The van der Waals surface area contributed by atoms with Crippen molar-refractivity contribution < 1.29 is 9.47 Å². The van der Waals surface area contributed by atoms with Gasteiger partial charge in [0.1, 0.15) is 5.60 Å². The highest BCUT2D eigenvalue weighted by molar-refractivity contribution is 9.09. The van der Waals surface area contributed by atoms with Crippen LogP contribution in [0.1, 0.15) is 12.5 Å². The van der Waals surface area contributed by atoms with Gasteiger partial charge in [-0.2, -0.15) is 5.26 Å². The van der Waals surface area contributed by atoms with Gasteiger partial charge in [0.25, 0.3) is 0 Å². The summed E-state index contributed by atoms with van der Waals surface area (Å²) in [5, 5.41) is 9.33. The van der Waals surface area contributed by atoms with Crippen LogP contribution in [0.3, 0.4) is 0 Å². The molecule has 0 N–H and O–H groups in total. The van der Waals surface area contributed by atoms with Crippen molar-refractivity contribution in [1.82, 2.24) is 0 Å². The molecule has 0 aliphatic carbocycles. The first-order valence-electron chi connectivity index (χ1n) is 5.60. The molecule has 0 unspecified atom stereocenters. The smallest absolute Gasteiger partial charge is 0.186 e. The van der Waals surface area contributed by atoms with E-state index in [1.54, 1.807) is 19.1 Å². The van der Waals surface area contributed by atoms with Crippen LogP contribution in [0.25, 0.3) is 0 Å². The molecule has 1 heterocycles. The Morgan fingerprint density at radius 1 is 1.39 bits per heavy atom. The first-order chi connectivity index (χ1) is 8.60. The Morgan fingerprint density at radius 3 is 2.61 bits per heavy atom. The highest BCUT2D eigenvalue weighted by Gasteiger charge is 2.48. The number of benzene rings is 1. The second-order valence-electron chi connectivity index (χ2n) is 4.33. The zero-order valence-electron chi connectivity index (χ0n) is 10.6. The van der Waals surface area contributed by atoms with Gasteiger partial charge in [0.05, 0.1) is 10.5 Å². The largest absolute Gasteiger partial charge is 0.372 e. The predicted molar refractivity (Wildman–Crippen MR) is 72.4 cm³/mol. The molecule has 0 fully saturated rings. The van der Waals surface area contributed by atoms with Crippen LogP contribution in [0.5, 0.6) is 0 Å². The van der Waals surface area contributed by atoms with Gasteiger partial charge in [-0.1, -0.05) is 34.1 Å². The lowest BCUT2D eigenvalue weighted by atomic mass is 9.86. The van der Waals surface area contributed by atoms with E-state index in [2.05, 4.69) is 22.1 Å². The monoisotopic (exact) mass is 310 g/mol. The van der Waals surface area contributed by atoms with Crippen molar-refractivity contribution >= 4 is 21.6 Å². The Kier molecular flexibility index (Phi) is 3.62. The predicted octanol–water partition coefficient (Wildman–Crippen LogP) is 2.59. The molecule has 1 aliphatic heterocycles. The Bertz CT molecular complexity index is 488. The van der Waals surface area contributed by atoms with Gasteiger partial charge < -0.3 is 9.47 Å². The van der Waals surface area contributed by atoms with Crippen molar-refractivity contribution in [2.75, 3.05) is 19.1 Å². The molecule has 0 aromatic heterocycles. The Hall–Kier alpha value is -1.09. The highest BCUT2D eigenvalue weighted by Crippen LogP contribution is 2.46. The number of fused-ring (bicyclic) bond motifs is 1. The molecule has 4 nitrogen and oxygen atoms in total. The van der Waals surface area contributed by atoms with Crippen molar-refractivity contribution in [3.05, 3.63) is 29.8 Å². The van der Waals surface area contributed by atoms with Gasteiger partial charge in [0, 0.05) is 19.8 Å². The van der Waals surface area contributed by atoms with E-state index in [0.29, 0.717) is 0 Å². The number of alkyl halides is 1. The SMILES string of the molecule is CO[C@@H]1[C@H](Br)[C@@](C)(OC)c2ccccc2N1C#N. The van der Waals surface area contributed by atoms with Crippen LogP contribution in [-0.2, 0) is 15.1 Å². The van der Waals surface area contributed by atoms with Gasteiger partial charge in [0.2, 0.25) is 0 Å². The van der Waals surface area contributed by atoms with Crippen molar-refractivity contribution in [3.8, 4) is 6.19 Å². The summed E-state index contributed by atoms with van der Waals surface area (Å²) >= 11 is 3.61. The maximum atomic E-state index is 9.33. The van der Waals surface area contributed by atoms with Crippen LogP contribution in [0.2, 0.25) is 0 Å². The maximum Gasteiger partial charge on any atom is 0.186 e. The number of anilines is 1. The summed E-state index contributed by atoms with van der Waals surface area (Å²) in [5.41, 5.74) is 1.26. The van der Waals surface area contributed by atoms with E-state index < -0.39 is 11.8 Å². The molecule has 5 heteroatoms. The van der Waals surface area contributed by atoms with E-state index in [0.717, 1.165) is 11.3 Å². The van der Waals surface area contributed by atoms with Crippen molar-refractivity contribution in [2.24, 2.45) is 0 Å². The summed E-state index contributed by atoms with van der Waals surface area (Å²) < 4.78 is 11.1. The second-order valence-corrected chi connectivity index (χ2v) is 5.31. The fourth-order valence-electron chi connectivity index (χ4n) is 2.35. The molecule has 0 saturated heterocycles. The topological polar surface area (TPSA) is 45.5 Å². The normalized spacial score (nSPS) is 30.7. The minimum absolute atomic E-state index is 0.144. The number of hydrogen-bond donors (Lipinski definition) is 0. The Labute approximate surface area is 115 Å². The van der Waals surface area contributed by atoms with Gasteiger partial charge in [-0.15, -0.1) is 0 Å². The number of nitriles is 1. The van der Waals surface area contributed by atoms with Gasteiger partial charge in [-0.25, -0.2) is 0 Å². The van der Waals surface area contributed by atoms with E-state index in [4.69, 9.17) is 9.47 Å². The number of methoxy groups -OCH3 is 2. The molecule has 0 amide bonds. The first-order valence-corrected chi connectivity index (χ1v) is 6.52. The zero-order valence-corrected chi connectivity index (χ0v) is 12.1. The molecule has 0 radical (unpaired) electrons. The van der Waals surface area contributed by atoms with Crippen LogP contribution < -0.4 is 4.90 Å². The molecule has 0 spiro atoms. The summed E-state index contributed by atoms with van der Waals surface area (Å²) in [6.07, 6.45) is 1.78. The van der Waals surface area contributed by atoms with Gasteiger partial charge >= 0.3 is 0 Å². The van der Waals surface area contributed by atoms with Gasteiger partial charge in [-0.3, -0.25) is 4.90 Å². The molecule has 96 valence electrons. The molecular weight excluding hydrogens is 296 g/mol. The van der Waals surface area contributed by atoms with E-state index in [1.165, 1.54) is 0 Å². The lowest BCUT2D eigenvalue weighted by molar-refractivity contribution is -0.0436. The fourth-order valence-corrected chi connectivity index (χ4v) is 3.24. The Balaban J connectivity index is 2.65. The summed E-state index contributed by atoms with van der Waals surface area (Å²) in [7, 11) is 3.26. The second kappa shape index (κ2) is 4.88. The van der Waals surface area contributed by atoms with Crippen molar-refractivity contribution in [3.63, 3.8) is 0 Å². The van der Waals surface area contributed by atoms with Gasteiger partial charge in [-0.05, 0) is 13.0 Å². The zero-order chi connectivity index (χ0) is 13.3. The number of nitrogens with zero attached hydrogens (tertiary/aromatic N) is 2. The summed E-state index contributed by atoms with van der Waals surface area (Å²) in [5.74, 6) is 0. The fraction of sp³-hybridized carbons (Fsp3) is 0.462. The van der Waals surface area contributed by atoms with E-state index >= 15 is 0 Å². The minimum atomic E-state index is -0.537. The molecule has 1 aliphatic rings. The number of hydrogen-bond acceptors (Lipinski definition) is 4. The van der Waals surface area contributed by atoms with Crippen LogP contribution in [0, 0.1) is 11.5 Å². The van der Waals surface area contributed by atoms with Crippen LogP contribution in [-0.4, -0.2) is 25.3 Å². The molecule has 1 aromatic rings. The molecule has 1 aromatic carbocycles. The number of ether oxygens (including phenoxy) is 2. The van der Waals surface area contributed by atoms with Crippen LogP contribution in [0.15, 0.2) is 24.3 Å². The Morgan fingerprint density at radius 2 is 2.06 bits per heavy atom. The number of rotatable bonds is 2. The van der Waals surface area contributed by atoms with Crippen LogP contribution >= 0.6 is 15.9 Å². The maximum absolute atomic E-state index is 9.33. The lowest BCUT2D eigenvalue weighted by Crippen LogP contribution is -2.54. The van der Waals surface area contributed by atoms with Gasteiger partial charge in [0.15, 0.2) is 12.4 Å². The summed E-state index contributed by atoms with van der Waals surface area (Å²) in [6.45, 7) is 1.99. The molecule has 0 bridgehead atoms. The third-order valence-electron chi connectivity index (χ3n) is 3.50. The first kappa shape index (κ1) is 13.3. The average molecular weight is 311 g/mol. The third-order valence-corrected chi connectivity index (χ3v) is 4.83. The van der Waals surface area contributed by atoms with E-state index in [1.807, 2.05) is 31.2 Å². The molecule has 18 heavy (non-hydrogen) atoms. The molecule has 3 atom stereocenters. The lowest BCUT2D eigenvalue weighted by Gasteiger charge is -2.46. The molecule has 2 rings (SSSR count). The van der Waals surface area contributed by atoms with Crippen molar-refractivity contribution in [1.29, 1.82) is 5.26 Å².